The molecule has 0 saturated carbocycles. The molecular weight excluding hydrogens is 206 g/mol. The first-order chi connectivity index (χ1) is 7.06. The Balaban J connectivity index is 2.81. The van der Waals surface area contributed by atoms with Crippen LogP contribution < -0.4 is 16.0 Å². The predicted octanol–water partition coefficient (Wildman–Crippen LogP) is 0.722. The zero-order valence-corrected chi connectivity index (χ0v) is 7.96. The van der Waals surface area contributed by atoms with Gasteiger partial charge in [-0.1, -0.05) is 6.07 Å². The zero-order valence-electron chi connectivity index (χ0n) is 7.96. The van der Waals surface area contributed by atoms with E-state index in [9.17, 15) is 13.6 Å². The van der Waals surface area contributed by atoms with E-state index in [1.54, 1.807) is 0 Å². The van der Waals surface area contributed by atoms with Crippen molar-refractivity contribution >= 4 is 5.91 Å². The molecule has 6 heteroatoms. The van der Waals surface area contributed by atoms with E-state index in [4.69, 9.17) is 10.6 Å². The van der Waals surface area contributed by atoms with Crippen molar-refractivity contribution in [3.63, 3.8) is 0 Å². The second-order valence-corrected chi connectivity index (χ2v) is 2.82. The van der Waals surface area contributed by atoms with Gasteiger partial charge in [0.05, 0.1) is 0 Å². The second kappa shape index (κ2) is 4.70. The average Bonchev–Trinajstić information content (AvgIpc) is 2.23. The van der Waals surface area contributed by atoms with Crippen molar-refractivity contribution in [3.05, 3.63) is 29.8 Å². The summed E-state index contributed by atoms with van der Waals surface area (Å²) in [7, 11) is 0. The van der Waals surface area contributed by atoms with E-state index in [1.165, 1.54) is 19.1 Å². The summed E-state index contributed by atoms with van der Waals surface area (Å²) in [4.78, 5) is 10.9. The summed E-state index contributed by atoms with van der Waals surface area (Å²) in [6.45, 7) is 1.37. The normalized spacial score (nSPS) is 12.0. The fraction of sp³-hybridized carbons (Fsp3) is 0.222. The molecule has 82 valence electrons. The van der Waals surface area contributed by atoms with Crippen LogP contribution >= 0.6 is 0 Å². The summed E-state index contributed by atoms with van der Waals surface area (Å²) in [5, 5.41) is 0. The molecule has 1 aromatic carbocycles. The number of nitrogens with one attached hydrogen (secondary N) is 1. The lowest BCUT2D eigenvalue weighted by atomic mass is 10.3. The lowest BCUT2D eigenvalue weighted by molar-refractivity contribution is -0.127. The van der Waals surface area contributed by atoms with Crippen LogP contribution in [0.2, 0.25) is 0 Å². The maximum Gasteiger partial charge on any atom is 0.274 e. The van der Waals surface area contributed by atoms with Gasteiger partial charge in [0.25, 0.3) is 5.91 Å². The van der Waals surface area contributed by atoms with Gasteiger partial charge in [-0.3, -0.25) is 10.2 Å². The number of carbonyl (C=O) groups excluding carboxylic acids is 1. The Bertz CT molecular complexity index is 371. The Labute approximate surface area is 85.0 Å². The summed E-state index contributed by atoms with van der Waals surface area (Å²) in [5.74, 6) is 1.73. The summed E-state index contributed by atoms with van der Waals surface area (Å²) in [6.07, 6.45) is -0.994. The molecule has 0 aromatic heterocycles. The Hall–Kier alpha value is -1.69. The maximum atomic E-state index is 13.1. The highest BCUT2D eigenvalue weighted by Gasteiger charge is 2.16. The fourth-order valence-electron chi connectivity index (χ4n) is 0.936. The van der Waals surface area contributed by atoms with E-state index in [-0.39, 0.29) is 5.75 Å². The average molecular weight is 216 g/mol. The highest BCUT2D eigenvalue weighted by molar-refractivity contribution is 5.80. The SMILES string of the molecule is CC(Oc1cccc(F)c1F)C(=O)NN. The van der Waals surface area contributed by atoms with Gasteiger partial charge in [0.15, 0.2) is 17.7 Å². The standard InChI is InChI=1S/C9H10F2N2O2/c1-5(9(14)13-12)15-7-4-2-3-6(10)8(7)11/h2-5H,12H2,1H3,(H,13,14). The third kappa shape index (κ3) is 2.63. The molecule has 0 radical (unpaired) electrons. The van der Waals surface area contributed by atoms with Crippen molar-refractivity contribution in [2.75, 3.05) is 0 Å². The van der Waals surface area contributed by atoms with Gasteiger partial charge in [-0.2, -0.15) is 4.39 Å². The molecule has 0 heterocycles. The van der Waals surface area contributed by atoms with Crippen LogP contribution in [-0.4, -0.2) is 12.0 Å². The van der Waals surface area contributed by atoms with Crippen molar-refractivity contribution in [1.29, 1.82) is 0 Å². The van der Waals surface area contributed by atoms with E-state index in [0.717, 1.165) is 6.07 Å². The number of hydrogen-bond donors (Lipinski definition) is 2. The fourth-order valence-corrected chi connectivity index (χ4v) is 0.936. The van der Waals surface area contributed by atoms with E-state index in [1.807, 2.05) is 5.43 Å². The number of hydrogen-bond acceptors (Lipinski definition) is 3. The van der Waals surface area contributed by atoms with Crippen molar-refractivity contribution in [2.24, 2.45) is 5.84 Å². The number of rotatable bonds is 3. The molecule has 3 N–H and O–H groups in total. The molecule has 1 unspecified atom stereocenters. The molecule has 0 aliphatic rings. The maximum absolute atomic E-state index is 13.1. The van der Waals surface area contributed by atoms with Crippen LogP contribution in [-0.2, 0) is 4.79 Å². The molecule has 15 heavy (non-hydrogen) atoms. The predicted molar refractivity (Wildman–Crippen MR) is 48.8 cm³/mol. The smallest absolute Gasteiger partial charge is 0.274 e. The first kappa shape index (κ1) is 11.4. The van der Waals surface area contributed by atoms with Crippen LogP contribution in [0.5, 0.6) is 5.75 Å². The Morgan fingerprint density at radius 2 is 2.20 bits per heavy atom. The Morgan fingerprint density at radius 3 is 2.80 bits per heavy atom. The quantitative estimate of drug-likeness (QED) is 0.444. The second-order valence-electron chi connectivity index (χ2n) is 2.82. The van der Waals surface area contributed by atoms with Crippen molar-refractivity contribution in [1.82, 2.24) is 5.43 Å². The number of benzene rings is 1. The van der Waals surface area contributed by atoms with E-state index in [2.05, 4.69) is 0 Å². The number of amides is 1. The number of hydrazine groups is 1. The van der Waals surface area contributed by atoms with Crippen LogP contribution in [0.1, 0.15) is 6.92 Å². The van der Waals surface area contributed by atoms with Crippen molar-refractivity contribution in [3.8, 4) is 5.75 Å². The van der Waals surface area contributed by atoms with Gasteiger partial charge in [-0.15, -0.1) is 0 Å². The van der Waals surface area contributed by atoms with Gasteiger partial charge >= 0.3 is 0 Å². The Kier molecular flexibility index (Phi) is 3.56. The molecule has 0 spiro atoms. The Morgan fingerprint density at radius 1 is 1.53 bits per heavy atom. The lowest BCUT2D eigenvalue weighted by Gasteiger charge is -2.13. The van der Waals surface area contributed by atoms with Crippen LogP contribution in [0, 0.1) is 11.6 Å². The number of carbonyl (C=O) groups is 1. The summed E-state index contributed by atoms with van der Waals surface area (Å²) in [6, 6.07) is 3.45. The highest BCUT2D eigenvalue weighted by atomic mass is 19.2. The van der Waals surface area contributed by atoms with Gasteiger partial charge in [-0.05, 0) is 19.1 Å². The lowest BCUT2D eigenvalue weighted by Crippen LogP contribution is -2.40. The minimum atomic E-state index is -1.13. The van der Waals surface area contributed by atoms with Crippen LogP contribution in [0.3, 0.4) is 0 Å². The highest BCUT2D eigenvalue weighted by Crippen LogP contribution is 2.20. The number of nitrogens with two attached hydrogens (primary N) is 1. The number of ether oxygens (including phenoxy) is 1. The van der Waals surface area contributed by atoms with Gasteiger partial charge in [-0.25, -0.2) is 10.2 Å². The first-order valence-corrected chi connectivity index (χ1v) is 4.17. The molecule has 4 nitrogen and oxygen atoms in total. The summed E-state index contributed by atoms with van der Waals surface area (Å²) < 4.78 is 30.7. The van der Waals surface area contributed by atoms with Gasteiger partial charge in [0.1, 0.15) is 0 Å². The van der Waals surface area contributed by atoms with Crippen LogP contribution in [0.25, 0.3) is 0 Å². The van der Waals surface area contributed by atoms with Crippen molar-refractivity contribution < 1.29 is 18.3 Å². The first-order valence-electron chi connectivity index (χ1n) is 4.17. The topological polar surface area (TPSA) is 64.3 Å². The van der Waals surface area contributed by atoms with Crippen molar-refractivity contribution in [2.45, 2.75) is 13.0 Å². The molecule has 1 atom stereocenters. The zero-order chi connectivity index (χ0) is 11.4. The summed E-state index contributed by atoms with van der Waals surface area (Å²) >= 11 is 0. The monoisotopic (exact) mass is 216 g/mol. The minimum absolute atomic E-state index is 0.328. The van der Waals surface area contributed by atoms with Crippen LogP contribution in [0.4, 0.5) is 8.78 Å². The van der Waals surface area contributed by atoms with Gasteiger partial charge < -0.3 is 4.74 Å². The van der Waals surface area contributed by atoms with Crippen LogP contribution in [0.15, 0.2) is 18.2 Å². The molecule has 0 bridgehead atoms. The number of halogens is 2. The van der Waals surface area contributed by atoms with E-state index >= 15 is 0 Å². The molecule has 1 amide bonds. The molecule has 1 rings (SSSR count). The van der Waals surface area contributed by atoms with Gasteiger partial charge in [0.2, 0.25) is 5.82 Å². The largest absolute Gasteiger partial charge is 0.478 e. The molecule has 0 saturated heterocycles. The van der Waals surface area contributed by atoms with E-state index < -0.39 is 23.6 Å². The minimum Gasteiger partial charge on any atom is -0.478 e. The van der Waals surface area contributed by atoms with E-state index in [0.29, 0.717) is 0 Å². The molecule has 0 aliphatic carbocycles. The molecule has 0 aliphatic heterocycles. The van der Waals surface area contributed by atoms with Gasteiger partial charge in [0, 0.05) is 0 Å². The molecule has 0 fully saturated rings. The third-order valence-corrected chi connectivity index (χ3v) is 1.73. The molecular formula is C9H10F2N2O2. The third-order valence-electron chi connectivity index (χ3n) is 1.73. The molecule has 1 aromatic rings. The summed E-state index contributed by atoms with van der Waals surface area (Å²) in [5.41, 5.74) is 1.84.